The molecule has 0 bridgehead atoms. The molecule has 2 aromatic heterocycles. The second kappa shape index (κ2) is 6.19. The van der Waals surface area contributed by atoms with Crippen molar-refractivity contribution in [1.82, 2.24) is 19.9 Å². The molecule has 1 aliphatic heterocycles. The second-order valence-electron chi connectivity index (χ2n) is 5.67. The molecule has 1 aliphatic rings. The van der Waals surface area contributed by atoms with E-state index >= 15 is 0 Å². The molecular weight excluding hydrogens is 278 g/mol. The monoisotopic (exact) mass is 297 g/mol. The minimum Gasteiger partial charge on any atom is -0.365 e. The molecule has 0 unspecified atom stereocenters. The average Bonchev–Trinajstić information content (AvgIpc) is 2.96. The number of aryl methyl sites for hydroxylation is 1. The molecule has 0 saturated carbocycles. The van der Waals surface area contributed by atoms with E-state index in [9.17, 15) is 4.79 Å². The van der Waals surface area contributed by atoms with E-state index in [1.807, 2.05) is 12.3 Å². The first-order chi connectivity index (χ1) is 10.6. The van der Waals surface area contributed by atoms with Crippen LogP contribution in [0.3, 0.4) is 0 Å². The Bertz CT molecular complexity index is 673. The van der Waals surface area contributed by atoms with Gasteiger partial charge in [0.25, 0.3) is 5.91 Å². The van der Waals surface area contributed by atoms with Gasteiger partial charge in [0, 0.05) is 37.6 Å². The average molecular weight is 297 g/mol. The Hall–Kier alpha value is -2.34. The number of hydrogen-bond acceptors (Lipinski definition) is 5. The van der Waals surface area contributed by atoms with Crippen molar-refractivity contribution in [3.05, 3.63) is 53.4 Å². The van der Waals surface area contributed by atoms with Gasteiger partial charge >= 0.3 is 0 Å². The summed E-state index contributed by atoms with van der Waals surface area (Å²) in [6.45, 7) is 4.63. The van der Waals surface area contributed by atoms with Gasteiger partial charge in [0.1, 0.15) is 5.82 Å². The highest BCUT2D eigenvalue weighted by Crippen LogP contribution is 2.26. The normalized spacial score (nSPS) is 18.5. The Morgan fingerprint density at radius 3 is 3.00 bits per heavy atom. The zero-order valence-electron chi connectivity index (χ0n) is 12.6. The number of carbonyl (C=O) groups excluding carboxylic acids is 1. The molecule has 1 amide bonds. The molecule has 6 nitrogen and oxygen atoms in total. The third-order valence-electron chi connectivity index (χ3n) is 4.03. The van der Waals surface area contributed by atoms with E-state index in [0.717, 1.165) is 31.9 Å². The van der Waals surface area contributed by atoms with E-state index in [1.54, 1.807) is 19.3 Å². The van der Waals surface area contributed by atoms with E-state index in [0.29, 0.717) is 17.2 Å². The van der Waals surface area contributed by atoms with Gasteiger partial charge < -0.3 is 5.73 Å². The molecule has 6 heteroatoms. The van der Waals surface area contributed by atoms with Crippen LogP contribution in [-0.2, 0) is 6.54 Å². The fourth-order valence-corrected chi connectivity index (χ4v) is 2.86. The molecule has 0 spiro atoms. The topological polar surface area (TPSA) is 85.0 Å². The third-order valence-corrected chi connectivity index (χ3v) is 4.03. The molecular formula is C16H19N5O. The Balaban J connectivity index is 1.67. The van der Waals surface area contributed by atoms with Gasteiger partial charge in [0.2, 0.25) is 0 Å². The predicted octanol–water partition coefficient (Wildman–Crippen LogP) is 1.27. The van der Waals surface area contributed by atoms with Crippen LogP contribution in [0.25, 0.3) is 0 Å². The van der Waals surface area contributed by atoms with Crippen LogP contribution >= 0.6 is 0 Å². The maximum Gasteiger partial charge on any atom is 0.252 e. The van der Waals surface area contributed by atoms with E-state index in [2.05, 4.69) is 25.9 Å². The number of carbonyl (C=O) groups is 1. The van der Waals surface area contributed by atoms with Crippen LogP contribution in [0, 0.1) is 6.92 Å². The molecule has 0 aliphatic carbocycles. The largest absolute Gasteiger partial charge is 0.365 e. The minimum atomic E-state index is -0.478. The summed E-state index contributed by atoms with van der Waals surface area (Å²) in [4.78, 5) is 26.6. The smallest absolute Gasteiger partial charge is 0.252 e. The van der Waals surface area contributed by atoms with Gasteiger partial charge in [-0.3, -0.25) is 14.7 Å². The lowest BCUT2D eigenvalue weighted by molar-refractivity contribution is 0.0999. The first-order valence-corrected chi connectivity index (χ1v) is 7.38. The highest BCUT2D eigenvalue weighted by molar-refractivity contribution is 5.93. The summed E-state index contributed by atoms with van der Waals surface area (Å²) in [5.74, 6) is 0.627. The summed E-state index contributed by atoms with van der Waals surface area (Å²) in [7, 11) is 0. The summed E-state index contributed by atoms with van der Waals surface area (Å²) in [6, 6.07) is 4.04. The van der Waals surface area contributed by atoms with Gasteiger partial charge in [-0.15, -0.1) is 0 Å². The van der Waals surface area contributed by atoms with Crippen LogP contribution in [0.15, 0.2) is 30.7 Å². The molecule has 1 fully saturated rings. The van der Waals surface area contributed by atoms with Gasteiger partial charge in [0.15, 0.2) is 0 Å². The summed E-state index contributed by atoms with van der Waals surface area (Å²) >= 11 is 0. The Labute approximate surface area is 129 Å². The minimum absolute atomic E-state index is 0.303. The van der Waals surface area contributed by atoms with Crippen LogP contribution in [0.4, 0.5) is 0 Å². The van der Waals surface area contributed by atoms with Crippen molar-refractivity contribution in [3.63, 3.8) is 0 Å². The number of aromatic nitrogens is 3. The van der Waals surface area contributed by atoms with E-state index in [1.165, 1.54) is 5.56 Å². The molecule has 0 aromatic carbocycles. The Morgan fingerprint density at radius 1 is 1.45 bits per heavy atom. The molecule has 3 heterocycles. The molecule has 2 N–H and O–H groups in total. The number of pyridine rings is 1. The van der Waals surface area contributed by atoms with E-state index < -0.39 is 5.91 Å². The van der Waals surface area contributed by atoms with Crippen LogP contribution in [0.5, 0.6) is 0 Å². The molecule has 1 atom stereocenters. The predicted molar refractivity (Wildman–Crippen MR) is 82.2 cm³/mol. The van der Waals surface area contributed by atoms with Gasteiger partial charge in [0.05, 0.1) is 11.3 Å². The lowest BCUT2D eigenvalue weighted by Gasteiger charge is -2.15. The fourth-order valence-electron chi connectivity index (χ4n) is 2.86. The number of hydrogen-bond donors (Lipinski definition) is 1. The maximum atomic E-state index is 11.2. The number of rotatable bonds is 4. The Kier molecular flexibility index (Phi) is 4.11. The second-order valence-corrected chi connectivity index (χ2v) is 5.67. The van der Waals surface area contributed by atoms with Crippen molar-refractivity contribution in [3.8, 4) is 0 Å². The zero-order chi connectivity index (χ0) is 15.5. The van der Waals surface area contributed by atoms with Crippen molar-refractivity contribution in [2.45, 2.75) is 25.8 Å². The molecule has 114 valence electrons. The third kappa shape index (κ3) is 3.12. The highest BCUT2D eigenvalue weighted by atomic mass is 16.1. The molecule has 22 heavy (non-hydrogen) atoms. The maximum absolute atomic E-state index is 11.2. The lowest BCUT2D eigenvalue weighted by Crippen LogP contribution is -2.21. The number of likely N-dealkylation sites (tertiary alicyclic amines) is 1. The number of amides is 1. The van der Waals surface area contributed by atoms with Crippen LogP contribution in [0.1, 0.15) is 39.8 Å². The molecule has 2 aromatic rings. The van der Waals surface area contributed by atoms with Crippen molar-refractivity contribution in [2.24, 2.45) is 5.73 Å². The van der Waals surface area contributed by atoms with Crippen molar-refractivity contribution < 1.29 is 4.79 Å². The first kappa shape index (κ1) is 14.6. The van der Waals surface area contributed by atoms with Gasteiger partial charge in [-0.25, -0.2) is 9.97 Å². The van der Waals surface area contributed by atoms with Crippen LogP contribution in [-0.4, -0.2) is 38.8 Å². The summed E-state index contributed by atoms with van der Waals surface area (Å²) in [5, 5.41) is 0. The van der Waals surface area contributed by atoms with E-state index in [-0.39, 0.29) is 0 Å². The number of primary amides is 1. The van der Waals surface area contributed by atoms with Crippen molar-refractivity contribution >= 4 is 5.91 Å². The van der Waals surface area contributed by atoms with Gasteiger partial charge in [-0.2, -0.15) is 0 Å². The highest BCUT2D eigenvalue weighted by Gasteiger charge is 2.26. The SMILES string of the molecule is Cc1nc([C@@H]2CCN(Cc3cccnc3)C2)ncc1C(N)=O. The first-order valence-electron chi connectivity index (χ1n) is 7.38. The molecule has 0 radical (unpaired) electrons. The van der Waals surface area contributed by atoms with Crippen LogP contribution < -0.4 is 5.73 Å². The fraction of sp³-hybridized carbons (Fsp3) is 0.375. The quantitative estimate of drug-likeness (QED) is 0.918. The summed E-state index contributed by atoms with van der Waals surface area (Å²) < 4.78 is 0. The number of nitrogens with two attached hydrogens (primary N) is 1. The molecule has 1 saturated heterocycles. The number of nitrogens with zero attached hydrogens (tertiary/aromatic N) is 4. The molecule has 3 rings (SSSR count). The van der Waals surface area contributed by atoms with Crippen molar-refractivity contribution in [2.75, 3.05) is 13.1 Å². The van der Waals surface area contributed by atoms with Gasteiger partial charge in [-0.1, -0.05) is 6.07 Å². The van der Waals surface area contributed by atoms with E-state index in [4.69, 9.17) is 5.73 Å². The van der Waals surface area contributed by atoms with Crippen LogP contribution in [0.2, 0.25) is 0 Å². The van der Waals surface area contributed by atoms with Gasteiger partial charge in [-0.05, 0) is 31.5 Å². The Morgan fingerprint density at radius 2 is 2.32 bits per heavy atom. The lowest BCUT2D eigenvalue weighted by atomic mass is 10.1. The summed E-state index contributed by atoms with van der Waals surface area (Å²) in [6.07, 6.45) is 6.25. The zero-order valence-corrected chi connectivity index (χ0v) is 12.6. The standard InChI is InChI=1S/C16H19N5O/c1-11-14(15(17)22)8-19-16(20-11)13-4-6-21(10-13)9-12-3-2-5-18-7-12/h2-3,5,7-8,13H,4,6,9-10H2,1H3,(H2,17,22)/t13-/m1/s1. The van der Waals surface area contributed by atoms with Crippen molar-refractivity contribution in [1.29, 1.82) is 0 Å². The summed E-state index contributed by atoms with van der Waals surface area (Å²) in [5.41, 5.74) is 7.56.